The molecule has 1 heterocycles. The fourth-order valence-electron chi connectivity index (χ4n) is 3.33. The molecule has 1 aliphatic rings. The lowest BCUT2D eigenvalue weighted by Crippen LogP contribution is -2.30. The Kier molecular flexibility index (Phi) is 6.09. The molecule has 0 unspecified atom stereocenters. The monoisotopic (exact) mass is 380 g/mol. The maximum atomic E-state index is 12.4. The highest BCUT2D eigenvalue weighted by Crippen LogP contribution is 2.29. The summed E-state index contributed by atoms with van der Waals surface area (Å²) >= 11 is 0. The van der Waals surface area contributed by atoms with Gasteiger partial charge in [0.15, 0.2) is 6.61 Å². The van der Waals surface area contributed by atoms with E-state index in [1.54, 1.807) is 11.0 Å². The molecule has 1 fully saturated rings. The second-order valence-corrected chi connectivity index (χ2v) is 7.00. The lowest BCUT2D eigenvalue weighted by Gasteiger charge is -2.25. The van der Waals surface area contributed by atoms with Gasteiger partial charge < -0.3 is 15.0 Å². The molecule has 2 aromatic carbocycles. The molecule has 2 atom stereocenters. The fraction of sp³-hybridized carbons (Fsp3) is 0.318. The molecule has 0 radical (unpaired) electrons. The average molecular weight is 380 g/mol. The van der Waals surface area contributed by atoms with Crippen LogP contribution in [0.15, 0.2) is 54.6 Å². The lowest BCUT2D eigenvalue weighted by molar-refractivity contribution is -0.151. The summed E-state index contributed by atoms with van der Waals surface area (Å²) in [6.07, 6.45) is 0.107. The van der Waals surface area contributed by atoms with Crippen LogP contribution in [0.4, 0.5) is 5.69 Å². The molecule has 28 heavy (non-hydrogen) atoms. The van der Waals surface area contributed by atoms with Crippen molar-refractivity contribution in [3.63, 3.8) is 0 Å². The smallest absolute Gasteiger partial charge is 0.311 e. The number of ether oxygens (including phenoxy) is 1. The van der Waals surface area contributed by atoms with Crippen LogP contribution in [0, 0.1) is 12.8 Å². The van der Waals surface area contributed by atoms with Crippen LogP contribution in [-0.4, -0.2) is 35.8 Å². The molecule has 0 aliphatic carbocycles. The topological polar surface area (TPSA) is 75.7 Å². The molecule has 1 N–H and O–H groups in total. The Morgan fingerprint density at radius 1 is 1.14 bits per heavy atom. The van der Waals surface area contributed by atoms with Gasteiger partial charge in [-0.3, -0.25) is 14.4 Å². The van der Waals surface area contributed by atoms with Gasteiger partial charge in [-0.1, -0.05) is 48.5 Å². The second-order valence-electron chi connectivity index (χ2n) is 7.00. The first-order valence-electron chi connectivity index (χ1n) is 9.32. The van der Waals surface area contributed by atoms with E-state index in [2.05, 4.69) is 5.32 Å². The Hall–Kier alpha value is -3.15. The highest BCUT2D eigenvalue weighted by atomic mass is 16.5. The van der Waals surface area contributed by atoms with Gasteiger partial charge in [-0.25, -0.2) is 0 Å². The minimum atomic E-state index is -0.551. The van der Waals surface area contributed by atoms with E-state index >= 15 is 0 Å². The molecule has 3 rings (SSSR count). The van der Waals surface area contributed by atoms with Crippen LogP contribution in [0.3, 0.4) is 0 Å². The van der Waals surface area contributed by atoms with Crippen LogP contribution in [0.25, 0.3) is 0 Å². The van der Waals surface area contributed by atoms with Gasteiger partial charge in [0.2, 0.25) is 5.91 Å². The number of anilines is 1. The molecule has 6 heteroatoms. The number of esters is 1. The lowest BCUT2D eigenvalue weighted by atomic mass is 10.1. The maximum Gasteiger partial charge on any atom is 0.311 e. The van der Waals surface area contributed by atoms with Gasteiger partial charge in [-0.05, 0) is 31.0 Å². The molecule has 0 bridgehead atoms. The Morgan fingerprint density at radius 2 is 1.82 bits per heavy atom. The number of rotatable bonds is 6. The second kappa shape index (κ2) is 8.69. The first-order chi connectivity index (χ1) is 13.5. The van der Waals surface area contributed by atoms with Gasteiger partial charge >= 0.3 is 5.97 Å². The molecular weight excluding hydrogens is 356 g/mol. The number of nitrogens with zero attached hydrogens (tertiary/aromatic N) is 1. The largest absolute Gasteiger partial charge is 0.455 e. The molecule has 1 saturated heterocycles. The van der Waals surface area contributed by atoms with E-state index in [0.29, 0.717) is 12.2 Å². The van der Waals surface area contributed by atoms with E-state index < -0.39 is 17.8 Å². The molecule has 2 aromatic rings. The molecule has 0 spiro atoms. The minimum Gasteiger partial charge on any atom is -0.455 e. The molecule has 146 valence electrons. The van der Waals surface area contributed by atoms with Gasteiger partial charge in [0.05, 0.1) is 12.0 Å². The Balaban J connectivity index is 1.52. The van der Waals surface area contributed by atoms with E-state index in [1.807, 2.05) is 62.4 Å². The minimum absolute atomic E-state index is 0.0809. The molecule has 2 amide bonds. The normalized spacial score (nSPS) is 17.3. The van der Waals surface area contributed by atoms with E-state index in [-0.39, 0.29) is 25.0 Å². The number of amides is 2. The van der Waals surface area contributed by atoms with E-state index in [4.69, 9.17) is 4.74 Å². The quantitative estimate of drug-likeness (QED) is 0.782. The van der Waals surface area contributed by atoms with Crippen molar-refractivity contribution in [1.82, 2.24) is 4.90 Å². The van der Waals surface area contributed by atoms with Crippen LogP contribution in [-0.2, 0) is 19.1 Å². The van der Waals surface area contributed by atoms with Crippen LogP contribution >= 0.6 is 0 Å². The van der Waals surface area contributed by atoms with E-state index in [0.717, 1.165) is 11.1 Å². The van der Waals surface area contributed by atoms with Crippen LogP contribution in [0.2, 0.25) is 0 Å². The highest BCUT2D eigenvalue weighted by molar-refractivity contribution is 5.94. The summed E-state index contributed by atoms with van der Waals surface area (Å²) in [7, 11) is 0. The average Bonchev–Trinajstić information content (AvgIpc) is 3.10. The van der Waals surface area contributed by atoms with Crippen molar-refractivity contribution >= 4 is 23.5 Å². The molecule has 1 aliphatic heterocycles. The predicted octanol–water partition coefficient (Wildman–Crippen LogP) is 3.09. The van der Waals surface area contributed by atoms with E-state index in [9.17, 15) is 14.4 Å². The summed E-state index contributed by atoms with van der Waals surface area (Å²) in [6, 6.07) is 16.9. The number of aryl methyl sites for hydroxylation is 1. The molecule has 6 nitrogen and oxygen atoms in total. The van der Waals surface area contributed by atoms with Crippen molar-refractivity contribution in [2.45, 2.75) is 26.3 Å². The van der Waals surface area contributed by atoms with Crippen LogP contribution in [0.1, 0.15) is 30.5 Å². The van der Waals surface area contributed by atoms with Gasteiger partial charge in [-0.15, -0.1) is 0 Å². The number of benzene rings is 2. The Morgan fingerprint density at radius 3 is 2.54 bits per heavy atom. The van der Waals surface area contributed by atoms with E-state index in [1.165, 1.54) is 0 Å². The molecule has 0 saturated carbocycles. The maximum absolute atomic E-state index is 12.4. The first kappa shape index (κ1) is 19.6. The van der Waals surface area contributed by atoms with Gasteiger partial charge in [0.25, 0.3) is 5.91 Å². The standard InChI is InChI=1S/C22H24N2O4/c1-15-8-6-7-11-19(15)23-20(25)14-28-22(27)18-12-21(26)24(13-18)16(2)17-9-4-3-5-10-17/h3-11,16,18H,12-14H2,1-2H3,(H,23,25)/t16-,18+/m1/s1. The molecule has 0 aromatic heterocycles. The highest BCUT2D eigenvalue weighted by Gasteiger charge is 2.38. The zero-order chi connectivity index (χ0) is 20.1. The first-order valence-corrected chi connectivity index (χ1v) is 9.32. The summed E-state index contributed by atoms with van der Waals surface area (Å²) in [5.41, 5.74) is 2.62. The SMILES string of the molecule is Cc1ccccc1NC(=O)COC(=O)[C@H]1CC(=O)N([C@H](C)c2ccccc2)C1. The zero-order valence-electron chi connectivity index (χ0n) is 16.1. The van der Waals surface area contributed by atoms with Crippen molar-refractivity contribution in [3.8, 4) is 0 Å². The van der Waals surface area contributed by atoms with Gasteiger partial charge in [0.1, 0.15) is 0 Å². The van der Waals surface area contributed by atoms with Gasteiger partial charge in [-0.2, -0.15) is 0 Å². The van der Waals surface area contributed by atoms with Crippen LogP contribution in [0.5, 0.6) is 0 Å². The number of nitrogens with one attached hydrogen (secondary N) is 1. The third-order valence-corrected chi connectivity index (χ3v) is 5.01. The summed E-state index contributed by atoms with van der Waals surface area (Å²) in [5.74, 6) is -1.55. The van der Waals surface area contributed by atoms with Crippen LogP contribution < -0.4 is 5.32 Å². The third kappa shape index (κ3) is 4.57. The Bertz CT molecular complexity index is 866. The number of carbonyl (C=O) groups is 3. The number of para-hydroxylation sites is 1. The molecular formula is C22H24N2O4. The summed E-state index contributed by atoms with van der Waals surface area (Å²) in [4.78, 5) is 38.4. The summed E-state index contributed by atoms with van der Waals surface area (Å²) in [5, 5.41) is 2.72. The van der Waals surface area contributed by atoms with Crippen molar-refractivity contribution in [2.75, 3.05) is 18.5 Å². The third-order valence-electron chi connectivity index (χ3n) is 5.01. The Labute approximate surface area is 164 Å². The predicted molar refractivity (Wildman–Crippen MR) is 105 cm³/mol. The van der Waals surface area contributed by atoms with Crippen molar-refractivity contribution in [3.05, 3.63) is 65.7 Å². The number of likely N-dealkylation sites (tertiary alicyclic amines) is 1. The summed E-state index contributed by atoms with van der Waals surface area (Å²) < 4.78 is 5.15. The van der Waals surface area contributed by atoms with Crippen molar-refractivity contribution < 1.29 is 19.1 Å². The fourth-order valence-corrected chi connectivity index (χ4v) is 3.33. The number of hydrogen-bond acceptors (Lipinski definition) is 4. The zero-order valence-corrected chi connectivity index (χ0v) is 16.1. The van der Waals surface area contributed by atoms with Crippen molar-refractivity contribution in [1.29, 1.82) is 0 Å². The number of hydrogen-bond donors (Lipinski definition) is 1. The summed E-state index contributed by atoms with van der Waals surface area (Å²) in [6.45, 7) is 3.75. The number of carbonyl (C=O) groups excluding carboxylic acids is 3. The van der Waals surface area contributed by atoms with Crippen molar-refractivity contribution in [2.24, 2.45) is 5.92 Å². The van der Waals surface area contributed by atoms with Gasteiger partial charge in [0, 0.05) is 18.7 Å².